The zero-order chi connectivity index (χ0) is 17.7. The number of rotatable bonds is 6. The van der Waals surface area contributed by atoms with Crippen molar-refractivity contribution in [1.82, 2.24) is 14.7 Å². The number of terminal acetylenes is 1. The van der Waals surface area contributed by atoms with Crippen LogP contribution in [-0.4, -0.2) is 38.1 Å². The maximum absolute atomic E-state index is 12.6. The topological polar surface area (TPSA) is 81.3 Å². The second kappa shape index (κ2) is 7.95. The van der Waals surface area contributed by atoms with Crippen LogP contribution in [0.2, 0.25) is 0 Å². The molecule has 1 fully saturated rings. The second-order valence-corrected chi connectivity index (χ2v) is 6.27. The van der Waals surface area contributed by atoms with Crippen molar-refractivity contribution >= 4 is 11.6 Å². The van der Waals surface area contributed by atoms with Crippen LogP contribution in [0.15, 0.2) is 0 Å². The number of hydrogen-bond acceptors (Lipinski definition) is 4. The molecule has 0 aliphatic heterocycles. The third kappa shape index (κ3) is 3.94. The minimum Gasteiger partial charge on any atom is -0.329 e. The fourth-order valence-electron chi connectivity index (χ4n) is 3.43. The van der Waals surface area contributed by atoms with Gasteiger partial charge in [0, 0.05) is 12.5 Å². The number of carbonyl (C=O) groups excluding carboxylic acids is 1. The molecule has 1 aromatic heterocycles. The fraction of sp³-hybridized carbons (Fsp3) is 0.647. The Morgan fingerprint density at radius 1 is 1.42 bits per heavy atom. The monoisotopic (exact) mass is 332 g/mol. The van der Waals surface area contributed by atoms with Crippen LogP contribution >= 0.6 is 0 Å². The van der Waals surface area contributed by atoms with Gasteiger partial charge in [-0.15, -0.1) is 6.42 Å². The lowest BCUT2D eigenvalue weighted by Gasteiger charge is -2.33. The highest BCUT2D eigenvalue weighted by atomic mass is 16.6. The molecule has 1 saturated carbocycles. The first kappa shape index (κ1) is 18.0. The summed E-state index contributed by atoms with van der Waals surface area (Å²) in [6, 6.07) is 0.220. The molecule has 0 N–H and O–H groups in total. The van der Waals surface area contributed by atoms with Crippen molar-refractivity contribution in [3.63, 3.8) is 0 Å². The van der Waals surface area contributed by atoms with Crippen LogP contribution in [0.4, 0.5) is 5.69 Å². The van der Waals surface area contributed by atoms with Gasteiger partial charge in [-0.3, -0.25) is 19.6 Å². The van der Waals surface area contributed by atoms with Gasteiger partial charge < -0.3 is 4.90 Å². The molecule has 0 bridgehead atoms. The highest BCUT2D eigenvalue weighted by molar-refractivity contribution is 5.76. The molecular weight excluding hydrogens is 308 g/mol. The molecule has 1 aliphatic carbocycles. The van der Waals surface area contributed by atoms with Crippen LogP contribution < -0.4 is 0 Å². The van der Waals surface area contributed by atoms with Crippen LogP contribution in [0.5, 0.6) is 0 Å². The fourth-order valence-corrected chi connectivity index (χ4v) is 3.43. The van der Waals surface area contributed by atoms with Crippen LogP contribution in [0.25, 0.3) is 0 Å². The molecule has 0 spiro atoms. The molecule has 0 radical (unpaired) electrons. The predicted molar refractivity (Wildman–Crippen MR) is 90.4 cm³/mol. The van der Waals surface area contributed by atoms with Crippen LogP contribution in [0.3, 0.4) is 0 Å². The smallest absolute Gasteiger partial charge is 0.312 e. The Morgan fingerprint density at radius 2 is 2.08 bits per heavy atom. The molecule has 1 aliphatic rings. The summed E-state index contributed by atoms with van der Waals surface area (Å²) in [4.78, 5) is 25.0. The number of carbonyl (C=O) groups is 1. The Morgan fingerprint density at radius 3 is 2.62 bits per heavy atom. The average Bonchev–Trinajstić information content (AvgIpc) is 2.85. The van der Waals surface area contributed by atoms with Gasteiger partial charge in [-0.2, -0.15) is 5.10 Å². The lowest BCUT2D eigenvalue weighted by Crippen LogP contribution is -2.42. The lowest BCUT2D eigenvalue weighted by molar-refractivity contribution is -0.386. The first-order valence-electron chi connectivity index (χ1n) is 8.37. The Hall–Kier alpha value is -2.36. The van der Waals surface area contributed by atoms with Crippen molar-refractivity contribution in [2.24, 2.45) is 0 Å². The van der Waals surface area contributed by atoms with Crippen molar-refractivity contribution < 1.29 is 9.72 Å². The van der Waals surface area contributed by atoms with Gasteiger partial charge in [-0.25, -0.2) is 0 Å². The number of aromatic nitrogens is 2. The highest BCUT2D eigenvalue weighted by Gasteiger charge is 2.26. The first-order valence-corrected chi connectivity index (χ1v) is 8.37. The predicted octanol–water partition coefficient (Wildman–Crippen LogP) is 2.59. The van der Waals surface area contributed by atoms with Crippen molar-refractivity contribution in [2.45, 2.75) is 65.0 Å². The third-order valence-corrected chi connectivity index (χ3v) is 4.66. The van der Waals surface area contributed by atoms with Crippen LogP contribution in [-0.2, 0) is 11.3 Å². The maximum Gasteiger partial charge on any atom is 0.312 e. The van der Waals surface area contributed by atoms with E-state index in [0.29, 0.717) is 24.5 Å². The summed E-state index contributed by atoms with van der Waals surface area (Å²) in [5.74, 6) is 2.57. The molecule has 2 rings (SSSR count). The quantitative estimate of drug-likeness (QED) is 0.455. The summed E-state index contributed by atoms with van der Waals surface area (Å²) >= 11 is 0. The summed E-state index contributed by atoms with van der Waals surface area (Å²) in [5, 5.41) is 15.2. The Kier molecular flexibility index (Phi) is 5.96. The zero-order valence-corrected chi connectivity index (χ0v) is 14.3. The minimum absolute atomic E-state index is 0.00458. The van der Waals surface area contributed by atoms with E-state index < -0.39 is 4.92 Å². The van der Waals surface area contributed by atoms with Gasteiger partial charge in [0.2, 0.25) is 5.91 Å². The number of hydrogen-bond donors (Lipinski definition) is 0. The lowest BCUT2D eigenvalue weighted by atomic mass is 9.94. The largest absolute Gasteiger partial charge is 0.329 e. The van der Waals surface area contributed by atoms with Gasteiger partial charge in [-0.1, -0.05) is 25.2 Å². The molecule has 0 aromatic carbocycles. The van der Waals surface area contributed by atoms with Crippen LogP contribution in [0.1, 0.15) is 49.9 Å². The molecule has 1 aromatic rings. The molecule has 0 unspecified atom stereocenters. The number of nitrogens with zero attached hydrogens (tertiary/aromatic N) is 4. The third-order valence-electron chi connectivity index (χ3n) is 4.66. The molecular formula is C17H24N4O3. The highest BCUT2D eigenvalue weighted by Crippen LogP contribution is 2.24. The van der Waals surface area contributed by atoms with Gasteiger partial charge in [0.05, 0.1) is 18.0 Å². The summed E-state index contributed by atoms with van der Waals surface area (Å²) in [5.41, 5.74) is 0.874. The first-order chi connectivity index (χ1) is 11.5. The minimum atomic E-state index is -0.428. The zero-order valence-electron chi connectivity index (χ0n) is 14.3. The Labute approximate surface area is 142 Å². The van der Waals surface area contributed by atoms with E-state index in [1.807, 2.05) is 0 Å². The number of nitro groups is 1. The Bertz CT molecular complexity index is 654. The van der Waals surface area contributed by atoms with E-state index >= 15 is 0 Å². The molecule has 1 heterocycles. The molecule has 130 valence electrons. The van der Waals surface area contributed by atoms with Crippen molar-refractivity contribution in [3.05, 3.63) is 21.5 Å². The maximum atomic E-state index is 12.6. The van der Waals surface area contributed by atoms with Gasteiger partial charge in [0.15, 0.2) is 0 Å². The molecule has 7 heteroatoms. The molecule has 7 nitrogen and oxygen atoms in total. The summed E-state index contributed by atoms with van der Waals surface area (Å²) in [6.07, 6.45) is 11.1. The molecule has 1 amide bonds. The van der Waals surface area contributed by atoms with Gasteiger partial charge >= 0.3 is 5.69 Å². The van der Waals surface area contributed by atoms with E-state index in [-0.39, 0.29) is 24.1 Å². The summed E-state index contributed by atoms with van der Waals surface area (Å²) < 4.78 is 1.54. The van der Waals surface area contributed by atoms with Gasteiger partial charge in [-0.05, 0) is 26.7 Å². The summed E-state index contributed by atoms with van der Waals surface area (Å²) in [7, 11) is 0. The molecule has 0 saturated heterocycles. The Balaban J connectivity index is 2.04. The molecule has 0 atom stereocenters. The van der Waals surface area contributed by atoms with E-state index in [9.17, 15) is 14.9 Å². The van der Waals surface area contributed by atoms with Crippen molar-refractivity contribution in [3.8, 4) is 12.3 Å². The van der Waals surface area contributed by atoms with E-state index in [2.05, 4.69) is 11.0 Å². The van der Waals surface area contributed by atoms with Crippen LogP contribution in [0, 0.1) is 36.3 Å². The average molecular weight is 332 g/mol. The molecule has 24 heavy (non-hydrogen) atoms. The van der Waals surface area contributed by atoms with Gasteiger partial charge in [0.1, 0.15) is 11.4 Å². The van der Waals surface area contributed by atoms with Crippen molar-refractivity contribution in [2.75, 3.05) is 6.54 Å². The van der Waals surface area contributed by atoms with E-state index in [0.717, 1.165) is 25.7 Å². The number of aryl methyl sites for hydroxylation is 2. The van der Waals surface area contributed by atoms with Crippen molar-refractivity contribution in [1.29, 1.82) is 0 Å². The normalized spacial score (nSPS) is 15.0. The summed E-state index contributed by atoms with van der Waals surface area (Å²) in [6.45, 7) is 3.91. The second-order valence-electron chi connectivity index (χ2n) is 6.27. The van der Waals surface area contributed by atoms with E-state index in [4.69, 9.17) is 6.42 Å². The van der Waals surface area contributed by atoms with E-state index in [1.165, 1.54) is 6.42 Å². The number of amides is 1. The SMILES string of the molecule is C#CCN(C(=O)CCn1nc(C)c([N+](=O)[O-])c1C)C1CCCCC1. The van der Waals surface area contributed by atoms with E-state index in [1.54, 1.807) is 23.4 Å². The van der Waals surface area contributed by atoms with Gasteiger partial charge in [0.25, 0.3) is 0 Å². The standard InChI is InChI=1S/C17H24N4O3/c1-4-11-19(15-8-6-5-7-9-15)16(22)10-12-20-14(3)17(21(23)24)13(2)18-20/h1,15H,5-12H2,2-3H3.